The van der Waals surface area contributed by atoms with Crippen LogP contribution >= 0.6 is 0 Å². The number of carbonyl (C=O) groups is 1. The lowest BCUT2D eigenvalue weighted by molar-refractivity contribution is 0.0932. The molecule has 0 aliphatic rings. The lowest BCUT2D eigenvalue weighted by Gasteiger charge is -2.18. The number of phenols is 1. The van der Waals surface area contributed by atoms with Gasteiger partial charge in [-0.15, -0.1) is 0 Å². The topological polar surface area (TPSA) is 58.6 Å². The van der Waals surface area contributed by atoms with Crippen molar-refractivity contribution in [2.24, 2.45) is 0 Å². The molecule has 1 aromatic rings. The molecule has 202 valence electrons. The van der Waals surface area contributed by atoms with Crippen molar-refractivity contribution < 1.29 is 14.6 Å². The number of rotatable bonds is 22. The Bertz CT molecular complexity index is 661. The van der Waals surface area contributed by atoms with Crippen LogP contribution in [0.3, 0.4) is 0 Å². The van der Waals surface area contributed by atoms with Gasteiger partial charge in [0.25, 0.3) is 5.91 Å². The van der Waals surface area contributed by atoms with Gasteiger partial charge in [0.05, 0.1) is 6.10 Å². The highest BCUT2D eigenvalue weighted by Crippen LogP contribution is 2.24. The first-order valence-electron chi connectivity index (χ1n) is 14.8. The number of phenolic OH excluding ortho intramolecular Hbond substituents is 1. The third-order valence-corrected chi connectivity index (χ3v) is 6.94. The standard InChI is InChI=1S/C31H55NO3/c1-5-8-10-12-13-14-15-16-17-18-20-22-28(7-3)32-31(34)27-23-29(33)25-30(24-27)35-26(4)21-19-11-9-6-2/h23-26,28,33H,5-22H2,1-4H3,(H,32,34). The van der Waals surface area contributed by atoms with Gasteiger partial charge < -0.3 is 15.2 Å². The number of hydrogen-bond acceptors (Lipinski definition) is 3. The second kappa shape index (κ2) is 20.5. The molecular formula is C31H55NO3. The van der Waals surface area contributed by atoms with E-state index in [1.165, 1.54) is 89.5 Å². The SMILES string of the molecule is CCCCCCCCCCCCCC(CC)NC(=O)c1cc(O)cc(OC(C)CCCCCC)c1. The summed E-state index contributed by atoms with van der Waals surface area (Å²) in [6.45, 7) is 8.65. The van der Waals surface area contributed by atoms with E-state index in [1.807, 2.05) is 0 Å². The molecule has 1 aromatic carbocycles. The zero-order valence-electron chi connectivity index (χ0n) is 23.4. The maximum Gasteiger partial charge on any atom is 0.251 e. The molecule has 0 fully saturated rings. The van der Waals surface area contributed by atoms with Crippen LogP contribution in [0, 0.1) is 0 Å². The Labute approximate surface area is 216 Å². The normalized spacial score (nSPS) is 12.9. The molecule has 0 spiro atoms. The van der Waals surface area contributed by atoms with E-state index in [-0.39, 0.29) is 23.8 Å². The lowest BCUT2D eigenvalue weighted by Crippen LogP contribution is -2.34. The van der Waals surface area contributed by atoms with Gasteiger partial charge in [-0.05, 0) is 44.7 Å². The van der Waals surface area contributed by atoms with Gasteiger partial charge in [0.1, 0.15) is 11.5 Å². The molecule has 0 aliphatic heterocycles. The average molecular weight is 490 g/mol. The molecule has 0 saturated carbocycles. The summed E-state index contributed by atoms with van der Waals surface area (Å²) < 4.78 is 6.00. The molecule has 0 saturated heterocycles. The highest BCUT2D eigenvalue weighted by Gasteiger charge is 2.15. The number of amides is 1. The summed E-state index contributed by atoms with van der Waals surface area (Å²) in [5.41, 5.74) is 0.468. The van der Waals surface area contributed by atoms with Crippen molar-refractivity contribution in [2.45, 2.75) is 155 Å². The first kappa shape index (κ1) is 31.3. The minimum Gasteiger partial charge on any atom is -0.508 e. The van der Waals surface area contributed by atoms with Crippen LogP contribution in [0.5, 0.6) is 11.5 Å². The van der Waals surface area contributed by atoms with Crippen molar-refractivity contribution in [2.75, 3.05) is 0 Å². The Morgan fingerprint density at radius 1 is 0.771 bits per heavy atom. The summed E-state index contributed by atoms with van der Waals surface area (Å²) in [6.07, 6.45) is 22.5. The second-order valence-corrected chi connectivity index (χ2v) is 10.4. The molecule has 1 amide bonds. The Hall–Kier alpha value is -1.71. The molecule has 0 aliphatic carbocycles. The summed E-state index contributed by atoms with van der Waals surface area (Å²) >= 11 is 0. The van der Waals surface area contributed by atoms with Gasteiger partial charge in [0.2, 0.25) is 0 Å². The molecule has 0 radical (unpaired) electrons. The third kappa shape index (κ3) is 15.8. The number of hydrogen-bond donors (Lipinski definition) is 2. The summed E-state index contributed by atoms with van der Waals surface area (Å²) in [6, 6.07) is 5.06. The molecule has 2 N–H and O–H groups in total. The van der Waals surface area contributed by atoms with Crippen LogP contribution in [0.4, 0.5) is 0 Å². The second-order valence-electron chi connectivity index (χ2n) is 10.4. The van der Waals surface area contributed by atoms with Crippen molar-refractivity contribution in [3.63, 3.8) is 0 Å². The highest BCUT2D eigenvalue weighted by atomic mass is 16.5. The Morgan fingerprint density at radius 3 is 1.86 bits per heavy atom. The van der Waals surface area contributed by atoms with Gasteiger partial charge >= 0.3 is 0 Å². The molecule has 1 rings (SSSR count). The highest BCUT2D eigenvalue weighted by molar-refractivity contribution is 5.95. The van der Waals surface area contributed by atoms with Gasteiger partial charge in [-0.1, -0.05) is 111 Å². The number of nitrogens with one attached hydrogen (secondary N) is 1. The summed E-state index contributed by atoms with van der Waals surface area (Å²) in [5.74, 6) is 0.511. The van der Waals surface area contributed by atoms with E-state index in [9.17, 15) is 9.90 Å². The zero-order valence-corrected chi connectivity index (χ0v) is 23.4. The Kier molecular flexibility index (Phi) is 18.3. The van der Waals surface area contributed by atoms with Gasteiger partial charge in [-0.2, -0.15) is 0 Å². The van der Waals surface area contributed by atoms with E-state index in [2.05, 4.69) is 33.0 Å². The third-order valence-electron chi connectivity index (χ3n) is 6.94. The summed E-state index contributed by atoms with van der Waals surface area (Å²) in [4.78, 5) is 12.9. The molecular weight excluding hydrogens is 434 g/mol. The van der Waals surface area contributed by atoms with E-state index in [1.54, 1.807) is 12.1 Å². The fourth-order valence-corrected chi connectivity index (χ4v) is 4.63. The molecule has 2 unspecified atom stereocenters. The molecule has 0 heterocycles. The number of ether oxygens (including phenoxy) is 1. The number of carbonyl (C=O) groups excluding carboxylic acids is 1. The molecule has 4 heteroatoms. The predicted octanol–water partition coefficient (Wildman–Crippen LogP) is 9.34. The molecule has 0 aromatic heterocycles. The fourth-order valence-electron chi connectivity index (χ4n) is 4.63. The van der Waals surface area contributed by atoms with Gasteiger partial charge in [-0.3, -0.25) is 4.79 Å². The molecule has 2 atom stereocenters. The maximum absolute atomic E-state index is 12.9. The smallest absolute Gasteiger partial charge is 0.251 e. The molecule has 35 heavy (non-hydrogen) atoms. The average Bonchev–Trinajstić information content (AvgIpc) is 2.84. The van der Waals surface area contributed by atoms with Crippen molar-refractivity contribution >= 4 is 5.91 Å². The van der Waals surface area contributed by atoms with Crippen molar-refractivity contribution in [3.8, 4) is 11.5 Å². The fraction of sp³-hybridized carbons (Fsp3) is 0.774. The predicted molar refractivity (Wildman–Crippen MR) is 150 cm³/mol. The van der Waals surface area contributed by atoms with E-state index < -0.39 is 0 Å². The van der Waals surface area contributed by atoms with Crippen LogP contribution in [-0.2, 0) is 0 Å². The van der Waals surface area contributed by atoms with E-state index in [0.717, 1.165) is 32.1 Å². The quantitative estimate of drug-likeness (QED) is 0.159. The van der Waals surface area contributed by atoms with Crippen LogP contribution in [0.2, 0.25) is 0 Å². The number of aromatic hydroxyl groups is 1. The minimum atomic E-state index is -0.128. The number of benzene rings is 1. The van der Waals surface area contributed by atoms with E-state index in [0.29, 0.717) is 11.3 Å². The first-order valence-corrected chi connectivity index (χ1v) is 14.8. The maximum atomic E-state index is 12.9. The monoisotopic (exact) mass is 489 g/mol. The Balaban J connectivity index is 2.34. The van der Waals surface area contributed by atoms with Crippen LogP contribution in [-0.4, -0.2) is 23.2 Å². The van der Waals surface area contributed by atoms with Gasteiger partial charge in [0.15, 0.2) is 0 Å². The van der Waals surface area contributed by atoms with Crippen LogP contribution < -0.4 is 10.1 Å². The summed E-state index contributed by atoms with van der Waals surface area (Å²) in [7, 11) is 0. The van der Waals surface area contributed by atoms with Crippen molar-refractivity contribution in [3.05, 3.63) is 23.8 Å². The Morgan fingerprint density at radius 2 is 1.29 bits per heavy atom. The largest absolute Gasteiger partial charge is 0.508 e. The van der Waals surface area contributed by atoms with Gasteiger partial charge in [0, 0.05) is 17.7 Å². The van der Waals surface area contributed by atoms with Crippen LogP contribution in [0.1, 0.15) is 154 Å². The van der Waals surface area contributed by atoms with Crippen LogP contribution in [0.25, 0.3) is 0 Å². The van der Waals surface area contributed by atoms with Crippen LogP contribution in [0.15, 0.2) is 18.2 Å². The first-order chi connectivity index (χ1) is 17.0. The van der Waals surface area contributed by atoms with Crippen molar-refractivity contribution in [1.29, 1.82) is 0 Å². The zero-order chi connectivity index (χ0) is 25.7. The molecule has 0 bridgehead atoms. The van der Waals surface area contributed by atoms with E-state index in [4.69, 9.17) is 4.74 Å². The molecule has 4 nitrogen and oxygen atoms in total. The van der Waals surface area contributed by atoms with E-state index >= 15 is 0 Å². The lowest BCUT2D eigenvalue weighted by atomic mass is 10.0. The van der Waals surface area contributed by atoms with Gasteiger partial charge in [-0.25, -0.2) is 0 Å². The minimum absolute atomic E-state index is 0.0639. The number of unbranched alkanes of at least 4 members (excludes halogenated alkanes) is 13. The summed E-state index contributed by atoms with van der Waals surface area (Å²) in [5, 5.41) is 13.3. The van der Waals surface area contributed by atoms with Crippen molar-refractivity contribution in [1.82, 2.24) is 5.32 Å².